The number of furan rings is 1. The molecule has 6 atom stereocenters. The third-order valence-corrected chi connectivity index (χ3v) is 18.2. The minimum atomic E-state index is -2.82. The van der Waals surface area contributed by atoms with Gasteiger partial charge >= 0.3 is 21.1 Å². The van der Waals surface area contributed by atoms with Crippen LogP contribution in [0.5, 0.6) is 11.5 Å². The number of fused-ring (bicyclic) bond motifs is 6. The molecule has 76 heavy (non-hydrogen) atoms. The molecule has 0 aliphatic heterocycles. The number of rotatable bonds is 8. The largest absolute Gasteiger partial charge is 2.00 e. The number of aryl methyl sites for hydroxylation is 3. The number of nitrogens with zero attached hydrogens (tertiary/aromatic N) is 2. The van der Waals surface area contributed by atoms with E-state index >= 15 is 0 Å². The van der Waals surface area contributed by atoms with Crippen molar-refractivity contribution < 1.29 is 43.9 Å². The Hall–Kier alpha value is -5.57. The van der Waals surface area contributed by atoms with Gasteiger partial charge < -0.3 is 19.1 Å². The molecule has 4 nitrogen and oxygen atoms in total. The smallest absolute Gasteiger partial charge is 0.501 e. The molecule has 3 aromatic heterocycles. The van der Waals surface area contributed by atoms with Gasteiger partial charge in [-0.3, -0.25) is 0 Å². The first-order chi connectivity index (χ1) is 39.9. The van der Waals surface area contributed by atoms with Gasteiger partial charge in [0.05, 0.1) is 5.58 Å². The van der Waals surface area contributed by atoms with Crippen LogP contribution in [-0.4, -0.2) is 9.97 Å². The van der Waals surface area contributed by atoms with E-state index < -0.39 is 31.7 Å². The molecule has 392 valence electrons. The van der Waals surface area contributed by atoms with Crippen LogP contribution in [0.2, 0.25) is 0 Å². The van der Waals surface area contributed by atoms with Crippen molar-refractivity contribution in [3.05, 3.63) is 155 Å². The second-order valence-electron chi connectivity index (χ2n) is 25.1. The molecule has 3 heterocycles. The number of aromatic nitrogens is 2. The molecule has 0 saturated heterocycles. The normalized spacial score (nSPS) is 26.6. The molecule has 3 saturated carbocycles. The van der Waals surface area contributed by atoms with E-state index in [1.54, 1.807) is 30.3 Å². The van der Waals surface area contributed by atoms with E-state index in [1.807, 2.05) is 30.5 Å². The summed E-state index contributed by atoms with van der Waals surface area (Å²) in [6.07, 6.45) is 12.8. The fraction of sp³-hybridized carbons (Fsp3) is 0.408. The summed E-state index contributed by atoms with van der Waals surface area (Å²) in [6.45, 7) is 10.8. The quantitative estimate of drug-likeness (QED) is 0.112. The number of hydrogen-bond acceptors (Lipinski definition) is 4. The maximum Gasteiger partial charge on any atom is 2.00 e. The molecular weight excluding hydrogens is 1110 g/mol. The fourth-order valence-corrected chi connectivity index (χ4v) is 15.3. The third-order valence-electron chi connectivity index (χ3n) is 18.2. The molecule has 12 rings (SSSR count). The molecule has 0 N–H and O–H groups in total. The summed E-state index contributed by atoms with van der Waals surface area (Å²) in [5.41, 5.74) is 5.34. The predicted octanol–water partition coefficient (Wildman–Crippen LogP) is 20.1. The number of ether oxygens (including phenoxy) is 1. The maximum atomic E-state index is 10.00. The predicted molar refractivity (Wildman–Crippen MR) is 313 cm³/mol. The van der Waals surface area contributed by atoms with Gasteiger partial charge in [0.1, 0.15) is 5.58 Å². The molecule has 3 aliphatic carbocycles. The molecule has 0 radical (unpaired) electrons. The summed E-state index contributed by atoms with van der Waals surface area (Å²) in [5.74, 6) is 1.83. The van der Waals surface area contributed by atoms with Crippen molar-refractivity contribution in [2.75, 3.05) is 0 Å². The molecule has 0 amide bonds. The Kier molecular flexibility index (Phi) is 10.9. The van der Waals surface area contributed by atoms with Crippen molar-refractivity contribution in [3.63, 3.8) is 0 Å². The Balaban J connectivity index is 0.00000768. The van der Waals surface area contributed by atoms with Gasteiger partial charge in [0.15, 0.2) is 0 Å². The Morgan fingerprint density at radius 2 is 1.43 bits per heavy atom. The molecule has 0 spiro atoms. The molecule has 5 heteroatoms. The molecule has 3 fully saturated rings. The Morgan fingerprint density at radius 1 is 0.684 bits per heavy atom. The average Bonchev–Trinajstić information content (AvgIpc) is 1.40. The van der Waals surface area contributed by atoms with Crippen molar-refractivity contribution in [1.82, 2.24) is 9.97 Å². The Morgan fingerprint density at radius 3 is 2.20 bits per heavy atom. The first kappa shape index (κ1) is 41.5. The van der Waals surface area contributed by atoms with E-state index in [2.05, 4.69) is 115 Å². The monoisotopic (exact) mass is 1190 g/mol. The number of hydrogen-bond donors (Lipinski definition) is 0. The van der Waals surface area contributed by atoms with E-state index in [9.17, 15) is 1.37 Å². The molecule has 3 aliphatic rings. The van der Waals surface area contributed by atoms with Crippen LogP contribution in [0.3, 0.4) is 0 Å². The van der Waals surface area contributed by atoms with Crippen LogP contribution >= 0.6 is 0 Å². The molecule has 0 bridgehead atoms. The minimum Gasteiger partial charge on any atom is -0.501 e. The van der Waals surface area contributed by atoms with Crippen LogP contribution in [0.4, 0.5) is 0 Å². The van der Waals surface area contributed by atoms with E-state index in [1.165, 1.54) is 24.5 Å². The summed E-state index contributed by atoms with van der Waals surface area (Å²) in [5, 5.41) is 5.75. The van der Waals surface area contributed by atoms with Crippen LogP contribution in [0, 0.1) is 85.4 Å². The summed E-state index contributed by atoms with van der Waals surface area (Å²) >= 11 is 0. The number of pyridine rings is 2. The molecule has 6 aromatic carbocycles. The van der Waals surface area contributed by atoms with Gasteiger partial charge in [-0.15, -0.1) is 11.6 Å². The summed E-state index contributed by atoms with van der Waals surface area (Å²) in [4.78, 5) is 9.62. The second kappa shape index (κ2) is 20.0. The minimum absolute atomic E-state index is 0. The first-order valence-corrected chi connectivity index (χ1v) is 27.4. The van der Waals surface area contributed by atoms with Gasteiger partial charge in [-0.05, 0) is 197 Å². The average molecular weight is 1190 g/mol. The topological polar surface area (TPSA) is 48.2 Å². The van der Waals surface area contributed by atoms with Gasteiger partial charge in [-0.1, -0.05) is 180 Å². The van der Waals surface area contributed by atoms with E-state index in [4.69, 9.17) is 26.5 Å². The van der Waals surface area contributed by atoms with Crippen molar-refractivity contribution in [2.24, 2.45) is 45.8 Å². The van der Waals surface area contributed by atoms with Crippen LogP contribution < -0.4 is 4.74 Å². The van der Waals surface area contributed by atoms with Gasteiger partial charge in [0, 0.05) is 43.0 Å². The van der Waals surface area contributed by atoms with Gasteiger partial charge in [0.2, 0.25) is 0 Å². The van der Waals surface area contributed by atoms with E-state index in [0.29, 0.717) is 57.0 Å². The zero-order valence-corrected chi connectivity index (χ0v) is 47.5. The van der Waals surface area contributed by atoms with Crippen molar-refractivity contribution >= 4 is 43.5 Å². The Labute approximate surface area is 481 Å². The summed E-state index contributed by atoms with van der Waals surface area (Å²) in [6, 6.07) is 39.2. The van der Waals surface area contributed by atoms with Crippen LogP contribution in [-0.2, 0) is 21.1 Å². The van der Waals surface area contributed by atoms with Crippen molar-refractivity contribution in [1.29, 1.82) is 0 Å². The van der Waals surface area contributed by atoms with Crippen molar-refractivity contribution in [2.45, 2.75) is 140 Å². The standard InChI is InChI=1S/C71H76N2O2.Pt/c1-42-28-64(72-39-45(42)4)52-30-58(48-17-13-12-14-18-48)47(6)66(31-52)74-54-32-61-60-29-51-22-21-49-19-15-16-20-56(49)59(51)35-67(60)75-68(61)62(33-54)65-34-57(46(5)40-73-65)55-25-26-71(11,36-44(55)3)63-24-23-50(27-43(63)2)53-37-69(7,8)41-70(9,10)38-53;/h12-22,28-30,32,34-35,39-40,43-44,50,53,55,63H,23-27,36-38,41H2,1-11H3;/q-2;+2/i1D3,4D3,6D3,53D;. The van der Waals surface area contributed by atoms with Crippen LogP contribution in [0.15, 0.2) is 120 Å². The van der Waals surface area contributed by atoms with E-state index in [-0.39, 0.29) is 83.0 Å². The maximum absolute atomic E-state index is 10.00. The van der Waals surface area contributed by atoms with E-state index in [0.717, 1.165) is 83.6 Å². The van der Waals surface area contributed by atoms with Gasteiger partial charge in [-0.25, -0.2) is 0 Å². The van der Waals surface area contributed by atoms with Crippen LogP contribution in [0.25, 0.3) is 77.1 Å². The molecule has 6 unspecified atom stereocenters. The zero-order chi connectivity index (χ0) is 60.6. The molecular formula is C71H76N2O2Pt. The summed E-state index contributed by atoms with van der Waals surface area (Å²) in [7, 11) is 0. The summed E-state index contributed by atoms with van der Waals surface area (Å²) < 4.78 is 101. The Bertz CT molecular complexity index is 4060. The zero-order valence-electron chi connectivity index (χ0n) is 55.2. The first-order valence-electron chi connectivity index (χ1n) is 32.4. The number of benzene rings is 6. The third kappa shape index (κ3) is 9.77. The molecule has 9 aromatic rings. The second-order valence-corrected chi connectivity index (χ2v) is 25.1. The fourth-order valence-electron chi connectivity index (χ4n) is 15.3. The van der Waals surface area contributed by atoms with Crippen molar-refractivity contribution in [3.8, 4) is 45.1 Å². The van der Waals surface area contributed by atoms with Gasteiger partial charge in [0.25, 0.3) is 0 Å². The SMILES string of the molecule is [2H]C([2H])([2H])c1cnc(-c2[c-]c(Oc3[c-]c(-c4cc(C5CCC(C)(C6CCC(C7([2H])CC(C)(C)CC(C)(C)C7)CC6C)CC5C)c(C)cn4)c4oc5cc6c(ccc7ccccc76)cc5c4c3)c(C([2H])([2H])[2H])c(-c3ccccc3)c2)cc1C([2H])([2H])[2H].[Pt+2]. The van der Waals surface area contributed by atoms with Gasteiger partial charge in [-0.2, -0.15) is 0 Å². The van der Waals surface area contributed by atoms with Crippen LogP contribution in [0.1, 0.15) is 154 Å².